The van der Waals surface area contributed by atoms with E-state index in [1.807, 2.05) is 65.0 Å². The number of unbranched alkanes of at least 4 members (excludes halogenated alkanes) is 1. The van der Waals surface area contributed by atoms with Gasteiger partial charge in [-0.05, 0) is 36.7 Å². The Morgan fingerprint density at radius 3 is 1.83 bits per heavy atom. The van der Waals surface area contributed by atoms with Gasteiger partial charge >= 0.3 is 12.1 Å². The lowest BCUT2D eigenvalue weighted by Gasteiger charge is -2.26. The second-order valence-corrected chi connectivity index (χ2v) is 9.62. The largest absolute Gasteiger partial charge is 0.480 e. The molecule has 0 unspecified atom stereocenters. The molecule has 9 nitrogen and oxygen atoms in total. The van der Waals surface area contributed by atoms with Gasteiger partial charge in [-0.1, -0.05) is 77.8 Å². The molecule has 0 radical (unpaired) electrons. The van der Waals surface area contributed by atoms with Gasteiger partial charge in [0.1, 0.15) is 24.7 Å². The average Bonchev–Trinajstić information content (AvgIpc) is 2.79. The molecule has 4 N–H and O–H groups in total. The van der Waals surface area contributed by atoms with Crippen molar-refractivity contribution >= 4 is 23.9 Å². The van der Waals surface area contributed by atoms with Crippen LogP contribution in [0.5, 0.6) is 0 Å². The van der Waals surface area contributed by atoms with E-state index in [0.29, 0.717) is 25.7 Å². The number of alkyl carbamates (subject to hydrolysis) is 1. The number of rotatable bonds is 15. The fourth-order valence-electron chi connectivity index (χ4n) is 3.52. The van der Waals surface area contributed by atoms with Crippen LogP contribution in [0.3, 0.4) is 0 Å². The summed E-state index contributed by atoms with van der Waals surface area (Å²) < 4.78 is 5.25. The van der Waals surface area contributed by atoms with Crippen molar-refractivity contribution in [1.82, 2.24) is 16.0 Å². The molecule has 0 bridgehead atoms. The number of ether oxygens (including phenoxy) is 1. The van der Waals surface area contributed by atoms with Crippen molar-refractivity contribution < 1.29 is 29.0 Å². The van der Waals surface area contributed by atoms with Gasteiger partial charge in [-0.15, -0.1) is 0 Å². The Bertz CT molecular complexity index is 813. The van der Waals surface area contributed by atoms with Crippen molar-refractivity contribution in [2.24, 2.45) is 11.8 Å². The zero-order chi connectivity index (χ0) is 26.4. The fourth-order valence-corrected chi connectivity index (χ4v) is 3.52. The Labute approximate surface area is 208 Å². The lowest BCUT2D eigenvalue weighted by atomic mass is 9.99. The number of carbonyl (C=O) groups excluding carboxylic acids is 3. The molecule has 1 rings (SSSR count). The van der Waals surface area contributed by atoms with Crippen molar-refractivity contribution in [2.75, 3.05) is 0 Å². The SMILES string of the molecule is CCCC[C@H](NC(=O)[C@H](CC(C)C)NC(=O)[C@H](CC(C)C)NC(=O)OCc1ccccc1)C(=O)O. The number of carbonyl (C=O) groups is 4. The average molecular weight is 492 g/mol. The molecule has 0 spiro atoms. The van der Waals surface area contributed by atoms with Crippen LogP contribution in [-0.2, 0) is 25.7 Å². The van der Waals surface area contributed by atoms with Crippen molar-refractivity contribution in [3.8, 4) is 0 Å². The highest BCUT2D eigenvalue weighted by Crippen LogP contribution is 2.11. The molecule has 1 aromatic carbocycles. The van der Waals surface area contributed by atoms with Gasteiger partial charge in [0.15, 0.2) is 0 Å². The molecular formula is C26H41N3O6. The standard InChI is InChI=1S/C26H41N3O6/c1-6-7-13-20(25(32)33)27-23(30)21(14-17(2)3)28-24(31)22(15-18(4)5)29-26(34)35-16-19-11-9-8-10-12-19/h8-12,17-18,20-22H,6-7,13-16H2,1-5H3,(H,27,30)(H,28,31)(H,29,34)(H,32,33)/t20-,21-,22-/m0/s1. The summed E-state index contributed by atoms with van der Waals surface area (Å²) in [6, 6.07) is 6.33. The van der Waals surface area contributed by atoms with Crippen molar-refractivity contribution in [2.45, 2.75) is 91.5 Å². The van der Waals surface area contributed by atoms with Crippen LogP contribution in [0.15, 0.2) is 30.3 Å². The van der Waals surface area contributed by atoms with Crippen molar-refractivity contribution in [3.05, 3.63) is 35.9 Å². The number of nitrogens with one attached hydrogen (secondary N) is 3. The van der Waals surface area contributed by atoms with Gasteiger partial charge in [-0.3, -0.25) is 9.59 Å². The lowest BCUT2D eigenvalue weighted by molar-refractivity contribution is -0.142. The number of hydrogen-bond donors (Lipinski definition) is 4. The van der Waals surface area contributed by atoms with Gasteiger partial charge in [-0.25, -0.2) is 9.59 Å². The lowest BCUT2D eigenvalue weighted by Crippen LogP contribution is -2.56. The summed E-state index contributed by atoms with van der Waals surface area (Å²) in [5.74, 6) is -2.02. The molecule has 0 aliphatic rings. The normalized spacial score (nSPS) is 13.6. The minimum absolute atomic E-state index is 0.0649. The Kier molecular flexibility index (Phi) is 13.5. The molecule has 0 saturated carbocycles. The van der Waals surface area contributed by atoms with E-state index in [1.165, 1.54) is 0 Å². The zero-order valence-corrected chi connectivity index (χ0v) is 21.5. The van der Waals surface area contributed by atoms with E-state index in [1.54, 1.807) is 0 Å². The number of carboxylic acid groups (broad SMARTS) is 1. The first kappa shape index (κ1) is 29.9. The van der Waals surface area contributed by atoms with E-state index in [2.05, 4.69) is 16.0 Å². The van der Waals surface area contributed by atoms with Crippen LogP contribution >= 0.6 is 0 Å². The van der Waals surface area contributed by atoms with E-state index in [9.17, 15) is 24.3 Å². The minimum atomic E-state index is -1.11. The summed E-state index contributed by atoms with van der Waals surface area (Å²) in [6.07, 6.45) is 1.70. The molecule has 1 aromatic rings. The Morgan fingerprint density at radius 2 is 1.34 bits per heavy atom. The smallest absolute Gasteiger partial charge is 0.408 e. The Hall–Kier alpha value is -3.10. The Morgan fingerprint density at radius 1 is 0.829 bits per heavy atom. The van der Waals surface area contributed by atoms with Crippen LogP contribution in [0.25, 0.3) is 0 Å². The van der Waals surface area contributed by atoms with Crippen LogP contribution in [0, 0.1) is 11.8 Å². The zero-order valence-electron chi connectivity index (χ0n) is 21.5. The number of carboxylic acids is 1. The van der Waals surface area contributed by atoms with E-state index in [4.69, 9.17) is 4.74 Å². The van der Waals surface area contributed by atoms with Crippen molar-refractivity contribution in [1.29, 1.82) is 0 Å². The third kappa shape index (κ3) is 12.2. The monoisotopic (exact) mass is 491 g/mol. The summed E-state index contributed by atoms with van der Waals surface area (Å²) in [4.78, 5) is 49.9. The van der Waals surface area contributed by atoms with Crippen LogP contribution in [0.2, 0.25) is 0 Å². The predicted octanol–water partition coefficient (Wildman–Crippen LogP) is 3.62. The Balaban J connectivity index is 2.86. The highest BCUT2D eigenvalue weighted by atomic mass is 16.5. The first-order valence-corrected chi connectivity index (χ1v) is 12.3. The molecule has 3 atom stereocenters. The second kappa shape index (κ2) is 15.7. The molecule has 196 valence electrons. The van der Waals surface area contributed by atoms with Crippen molar-refractivity contribution in [3.63, 3.8) is 0 Å². The molecule has 0 aliphatic heterocycles. The maximum Gasteiger partial charge on any atom is 0.408 e. The van der Waals surface area contributed by atoms with Gasteiger partial charge in [0, 0.05) is 0 Å². The molecule has 0 heterocycles. The minimum Gasteiger partial charge on any atom is -0.480 e. The molecular weight excluding hydrogens is 450 g/mol. The van der Waals surface area contributed by atoms with Gasteiger partial charge in [0.2, 0.25) is 11.8 Å². The number of hydrogen-bond acceptors (Lipinski definition) is 5. The van der Waals surface area contributed by atoms with E-state index in [-0.39, 0.29) is 18.4 Å². The number of amides is 3. The third-order valence-electron chi connectivity index (χ3n) is 5.33. The second-order valence-electron chi connectivity index (χ2n) is 9.62. The van der Waals surface area contributed by atoms with Gasteiger partial charge in [-0.2, -0.15) is 0 Å². The maximum absolute atomic E-state index is 13.1. The first-order valence-electron chi connectivity index (χ1n) is 12.3. The molecule has 0 aliphatic carbocycles. The predicted molar refractivity (Wildman–Crippen MR) is 133 cm³/mol. The third-order valence-corrected chi connectivity index (χ3v) is 5.33. The first-order chi connectivity index (χ1) is 16.5. The van der Waals surface area contributed by atoms with Gasteiger partial charge in [0.05, 0.1) is 0 Å². The quantitative estimate of drug-likeness (QED) is 0.296. The van der Waals surface area contributed by atoms with Crippen LogP contribution in [-0.4, -0.2) is 47.1 Å². The molecule has 0 saturated heterocycles. The van der Waals surface area contributed by atoms with Gasteiger partial charge < -0.3 is 25.8 Å². The highest BCUT2D eigenvalue weighted by Gasteiger charge is 2.30. The van der Waals surface area contributed by atoms with Crippen LogP contribution in [0.1, 0.15) is 72.3 Å². The summed E-state index contributed by atoms with van der Waals surface area (Å²) in [7, 11) is 0. The van der Waals surface area contributed by atoms with Crippen LogP contribution < -0.4 is 16.0 Å². The summed E-state index contributed by atoms with van der Waals surface area (Å²) in [5.41, 5.74) is 0.817. The molecule has 0 aromatic heterocycles. The number of aliphatic carboxylic acids is 1. The molecule has 9 heteroatoms. The topological polar surface area (TPSA) is 134 Å². The molecule has 35 heavy (non-hydrogen) atoms. The maximum atomic E-state index is 13.1. The molecule has 0 fully saturated rings. The highest BCUT2D eigenvalue weighted by molar-refractivity contribution is 5.92. The van der Waals surface area contributed by atoms with E-state index < -0.39 is 42.0 Å². The molecule has 3 amide bonds. The van der Waals surface area contributed by atoms with Gasteiger partial charge in [0.25, 0.3) is 0 Å². The number of benzene rings is 1. The summed E-state index contributed by atoms with van der Waals surface area (Å²) in [6.45, 7) is 9.65. The van der Waals surface area contributed by atoms with E-state index in [0.717, 1.165) is 12.0 Å². The summed E-state index contributed by atoms with van der Waals surface area (Å²) in [5, 5.41) is 17.3. The van der Waals surface area contributed by atoms with Crippen LogP contribution in [0.4, 0.5) is 4.79 Å². The fraction of sp³-hybridized carbons (Fsp3) is 0.615. The summed E-state index contributed by atoms with van der Waals surface area (Å²) >= 11 is 0. The van der Waals surface area contributed by atoms with E-state index >= 15 is 0 Å².